The molecule has 1 unspecified atom stereocenters. The largest absolute Gasteiger partial charge is 0.480 e. The molecule has 0 aliphatic rings. The summed E-state index contributed by atoms with van der Waals surface area (Å²) < 4.78 is 0. The maximum Gasteiger partial charge on any atom is 0.328 e. The van der Waals surface area contributed by atoms with Crippen molar-refractivity contribution in [2.75, 3.05) is 18.5 Å². The molecule has 8 nitrogen and oxygen atoms in total. The monoisotopic (exact) mass is 400 g/mol. The Morgan fingerprint density at radius 2 is 1.96 bits per heavy atom. The lowest BCUT2D eigenvalue weighted by Crippen LogP contribution is -2.43. The highest BCUT2D eigenvalue weighted by molar-refractivity contribution is 7.19. The quantitative estimate of drug-likeness (QED) is 0.456. The molecule has 1 amide bonds. The predicted molar refractivity (Wildman–Crippen MR) is 107 cm³/mol. The van der Waals surface area contributed by atoms with Gasteiger partial charge in [-0.05, 0) is 12.5 Å². The van der Waals surface area contributed by atoms with Crippen LogP contribution >= 0.6 is 11.3 Å². The highest BCUT2D eigenvalue weighted by atomic mass is 32.1. The second kappa shape index (κ2) is 8.77. The van der Waals surface area contributed by atoms with Crippen LogP contribution in [-0.4, -0.2) is 51.3 Å². The first-order valence-electron chi connectivity index (χ1n) is 8.67. The zero-order valence-corrected chi connectivity index (χ0v) is 16.0. The van der Waals surface area contributed by atoms with Gasteiger partial charge in [0.1, 0.15) is 23.0 Å². The van der Waals surface area contributed by atoms with Gasteiger partial charge in [-0.1, -0.05) is 30.3 Å². The second-order valence-corrected chi connectivity index (χ2v) is 7.32. The van der Waals surface area contributed by atoms with Crippen LogP contribution in [0.3, 0.4) is 0 Å². The van der Waals surface area contributed by atoms with Gasteiger partial charge in [0.25, 0.3) is 0 Å². The summed E-state index contributed by atoms with van der Waals surface area (Å²) in [5.74, 6) is -1.12. The lowest BCUT2D eigenvalue weighted by molar-refractivity contribution is -0.142. The average Bonchev–Trinajstić information content (AvgIpc) is 3.03. The van der Waals surface area contributed by atoms with E-state index in [1.54, 1.807) is 11.3 Å². The van der Waals surface area contributed by atoms with Crippen molar-refractivity contribution in [2.24, 2.45) is 0 Å². The number of amides is 1. The van der Waals surface area contributed by atoms with Crippen LogP contribution in [0, 0.1) is 6.92 Å². The van der Waals surface area contributed by atoms with Gasteiger partial charge in [0.05, 0.1) is 12.0 Å². The van der Waals surface area contributed by atoms with Crippen LogP contribution in [0.2, 0.25) is 0 Å². The molecule has 28 heavy (non-hydrogen) atoms. The van der Waals surface area contributed by atoms with Crippen molar-refractivity contribution in [3.05, 3.63) is 41.5 Å². The van der Waals surface area contributed by atoms with Crippen molar-refractivity contribution in [2.45, 2.75) is 19.4 Å². The van der Waals surface area contributed by atoms with Crippen LogP contribution < -0.4 is 10.6 Å². The third-order valence-corrected chi connectivity index (χ3v) is 5.20. The number of carboxylic acid groups (broad SMARTS) is 1. The number of carbonyl (C=O) groups is 2. The summed E-state index contributed by atoms with van der Waals surface area (Å²) in [4.78, 5) is 33.4. The summed E-state index contributed by atoms with van der Waals surface area (Å²) in [5.41, 5.74) is 2.12. The van der Waals surface area contributed by atoms with Crippen molar-refractivity contribution in [3.63, 3.8) is 0 Å². The number of carboxylic acids is 1. The number of aliphatic carboxylic acids is 1. The Balaban J connectivity index is 1.77. The topological polar surface area (TPSA) is 124 Å². The van der Waals surface area contributed by atoms with Gasteiger partial charge in [-0.2, -0.15) is 0 Å². The highest BCUT2D eigenvalue weighted by Crippen LogP contribution is 2.40. The van der Waals surface area contributed by atoms with Gasteiger partial charge in [0, 0.05) is 23.4 Å². The molecule has 0 radical (unpaired) electrons. The first-order valence-corrected chi connectivity index (χ1v) is 9.49. The fraction of sp³-hybridized carbons (Fsp3) is 0.263. The van der Waals surface area contributed by atoms with Crippen LogP contribution in [0.4, 0.5) is 5.82 Å². The van der Waals surface area contributed by atoms with Crippen molar-refractivity contribution in [1.82, 2.24) is 15.3 Å². The minimum Gasteiger partial charge on any atom is -0.480 e. The van der Waals surface area contributed by atoms with Crippen LogP contribution in [0.5, 0.6) is 0 Å². The molecule has 0 aliphatic carbocycles. The zero-order valence-electron chi connectivity index (χ0n) is 15.2. The number of aliphatic hydroxyl groups is 1. The second-order valence-electron chi connectivity index (χ2n) is 6.12. The number of benzene rings is 1. The van der Waals surface area contributed by atoms with E-state index >= 15 is 0 Å². The molecule has 4 N–H and O–H groups in total. The molecule has 2 aromatic heterocycles. The number of thiophene rings is 1. The zero-order chi connectivity index (χ0) is 20.1. The molecule has 0 saturated carbocycles. The van der Waals surface area contributed by atoms with Crippen LogP contribution in [0.1, 0.15) is 11.3 Å². The number of aliphatic hydroxyl groups excluding tert-OH is 1. The molecule has 0 aliphatic heterocycles. The fourth-order valence-electron chi connectivity index (χ4n) is 2.88. The number of nitrogens with one attached hydrogen (secondary N) is 2. The normalized spacial score (nSPS) is 11.9. The Hall–Kier alpha value is -3.04. The Morgan fingerprint density at radius 1 is 1.21 bits per heavy atom. The molecule has 3 rings (SSSR count). The molecular formula is C19H20N4O4S. The fourth-order valence-corrected chi connectivity index (χ4v) is 3.89. The van der Waals surface area contributed by atoms with E-state index < -0.39 is 24.5 Å². The molecule has 0 spiro atoms. The Bertz CT molecular complexity index is 990. The van der Waals surface area contributed by atoms with E-state index in [9.17, 15) is 9.59 Å². The molecule has 3 aromatic rings. The number of aromatic nitrogens is 2. The summed E-state index contributed by atoms with van der Waals surface area (Å²) in [6.07, 6.45) is 1.51. The van der Waals surface area contributed by atoms with Gasteiger partial charge in [0.2, 0.25) is 5.91 Å². The maximum atomic E-state index is 11.9. The lowest BCUT2D eigenvalue weighted by Gasteiger charge is -2.12. The van der Waals surface area contributed by atoms with E-state index in [-0.39, 0.29) is 13.0 Å². The molecule has 146 valence electrons. The molecule has 2 heterocycles. The molecule has 9 heteroatoms. The minimum absolute atomic E-state index is 0.0407. The summed E-state index contributed by atoms with van der Waals surface area (Å²) in [6, 6.07) is 8.65. The third-order valence-electron chi connectivity index (χ3n) is 4.19. The predicted octanol–water partition coefficient (Wildman–Crippen LogP) is 2.03. The SMILES string of the molecule is Cc1sc2ncnc(NCCC(=O)NC(CO)C(=O)O)c2c1-c1ccccc1. The summed E-state index contributed by atoms with van der Waals surface area (Å²) >= 11 is 1.58. The number of hydrogen-bond acceptors (Lipinski definition) is 7. The Kier molecular flexibility index (Phi) is 6.17. The van der Waals surface area contributed by atoms with Crippen LogP contribution in [0.15, 0.2) is 36.7 Å². The van der Waals surface area contributed by atoms with E-state index in [4.69, 9.17) is 10.2 Å². The van der Waals surface area contributed by atoms with E-state index in [1.807, 2.05) is 37.3 Å². The van der Waals surface area contributed by atoms with Crippen LogP contribution in [-0.2, 0) is 9.59 Å². The minimum atomic E-state index is -1.30. The number of carbonyl (C=O) groups excluding carboxylic acids is 1. The summed E-state index contributed by atoms with van der Waals surface area (Å²) in [7, 11) is 0. The van der Waals surface area contributed by atoms with Gasteiger partial charge in [-0.15, -0.1) is 11.3 Å². The van der Waals surface area contributed by atoms with Gasteiger partial charge < -0.3 is 20.8 Å². The lowest BCUT2D eigenvalue weighted by atomic mass is 10.0. The van der Waals surface area contributed by atoms with Crippen molar-refractivity contribution < 1.29 is 19.8 Å². The standard InChI is InChI=1S/C19H20N4O4S/c1-11-15(12-5-3-2-4-6-12)16-17(21-10-22-18(16)28-11)20-8-7-14(25)23-13(9-24)19(26)27/h2-6,10,13,24H,7-9H2,1H3,(H,23,25)(H,26,27)(H,20,21,22). The van der Waals surface area contributed by atoms with Gasteiger partial charge in [0.15, 0.2) is 0 Å². The molecule has 0 fully saturated rings. The number of hydrogen-bond donors (Lipinski definition) is 4. The van der Waals surface area contributed by atoms with Crippen molar-refractivity contribution >= 4 is 39.2 Å². The summed E-state index contributed by atoms with van der Waals surface area (Å²) in [6.45, 7) is 1.64. The van der Waals surface area contributed by atoms with E-state index in [2.05, 4.69) is 20.6 Å². The van der Waals surface area contributed by atoms with Gasteiger partial charge in [-0.25, -0.2) is 14.8 Å². The van der Waals surface area contributed by atoms with Gasteiger partial charge >= 0.3 is 5.97 Å². The van der Waals surface area contributed by atoms with Crippen molar-refractivity contribution in [1.29, 1.82) is 0 Å². The van der Waals surface area contributed by atoms with E-state index in [1.165, 1.54) is 6.33 Å². The molecule has 0 saturated heterocycles. The molecule has 1 aromatic carbocycles. The van der Waals surface area contributed by atoms with Crippen molar-refractivity contribution in [3.8, 4) is 11.1 Å². The molecule has 1 atom stereocenters. The number of aryl methyl sites for hydroxylation is 1. The third kappa shape index (κ3) is 4.26. The summed E-state index contributed by atoms with van der Waals surface area (Å²) in [5, 5.41) is 24.2. The number of nitrogens with zero attached hydrogens (tertiary/aromatic N) is 2. The number of anilines is 1. The highest BCUT2D eigenvalue weighted by Gasteiger charge is 2.19. The first kappa shape index (κ1) is 19.7. The number of fused-ring (bicyclic) bond motifs is 1. The average molecular weight is 400 g/mol. The first-order chi connectivity index (χ1) is 13.5. The smallest absolute Gasteiger partial charge is 0.328 e. The molecule has 0 bridgehead atoms. The van der Waals surface area contributed by atoms with Gasteiger partial charge in [-0.3, -0.25) is 4.79 Å². The molecular weight excluding hydrogens is 380 g/mol. The maximum absolute atomic E-state index is 11.9. The van der Waals surface area contributed by atoms with Crippen LogP contribution in [0.25, 0.3) is 21.3 Å². The number of rotatable bonds is 8. The Morgan fingerprint density at radius 3 is 2.64 bits per heavy atom. The van der Waals surface area contributed by atoms with E-state index in [0.29, 0.717) is 5.82 Å². The Labute approximate surface area is 165 Å². The van der Waals surface area contributed by atoms with E-state index in [0.717, 1.165) is 26.2 Å².